The van der Waals surface area contributed by atoms with Crippen molar-refractivity contribution in [2.45, 2.75) is 58.9 Å². The van der Waals surface area contributed by atoms with Crippen LogP contribution in [0.5, 0.6) is 0 Å². The third-order valence-electron chi connectivity index (χ3n) is 3.82. The van der Waals surface area contributed by atoms with Crippen molar-refractivity contribution >= 4 is 23.2 Å². The molecule has 0 saturated carbocycles. The quantitative estimate of drug-likeness (QED) is 0.691. The summed E-state index contributed by atoms with van der Waals surface area (Å²) in [6.45, 7) is 6.13. The Balaban J connectivity index is 1.76. The van der Waals surface area contributed by atoms with Gasteiger partial charge in [0, 0.05) is 12.8 Å². The van der Waals surface area contributed by atoms with Gasteiger partial charge >= 0.3 is 5.97 Å². The highest BCUT2D eigenvalue weighted by Gasteiger charge is 2.22. The van der Waals surface area contributed by atoms with Crippen LogP contribution in [0.2, 0.25) is 0 Å². The number of carbonyl (C=O) groups is 2. The number of aryl methyl sites for hydroxylation is 1. The van der Waals surface area contributed by atoms with E-state index in [1.54, 1.807) is 0 Å². The zero-order valence-corrected chi connectivity index (χ0v) is 16.1. The zero-order chi connectivity index (χ0) is 19.2. The summed E-state index contributed by atoms with van der Waals surface area (Å²) in [5.74, 6) is -0.249. The van der Waals surface area contributed by atoms with Gasteiger partial charge in [-0.05, 0) is 36.1 Å². The maximum absolute atomic E-state index is 12.0. The number of carboxylic acid groups (broad SMARTS) is 1. The summed E-state index contributed by atoms with van der Waals surface area (Å²) in [6, 6.07) is 2.98. The smallest absolute Gasteiger partial charge is 0.326 e. The second-order valence-electron chi connectivity index (χ2n) is 7.40. The van der Waals surface area contributed by atoms with E-state index in [9.17, 15) is 14.7 Å². The molecule has 7 nitrogen and oxygen atoms in total. The number of aliphatic carboxylic acids is 1. The van der Waals surface area contributed by atoms with Crippen molar-refractivity contribution in [3.63, 3.8) is 0 Å². The largest absolute Gasteiger partial charge is 0.480 e. The summed E-state index contributed by atoms with van der Waals surface area (Å²) in [6.07, 6.45) is 2.35. The Morgan fingerprint density at radius 3 is 2.77 bits per heavy atom. The molecular weight excluding hydrogens is 354 g/mol. The molecule has 2 aromatic heterocycles. The minimum absolute atomic E-state index is 0.0245. The lowest BCUT2D eigenvalue weighted by Gasteiger charge is -2.21. The van der Waals surface area contributed by atoms with Gasteiger partial charge in [-0.15, -0.1) is 11.3 Å². The van der Waals surface area contributed by atoms with E-state index in [1.165, 1.54) is 11.3 Å². The van der Waals surface area contributed by atoms with E-state index in [-0.39, 0.29) is 17.7 Å². The lowest BCUT2D eigenvalue weighted by Crippen LogP contribution is -2.41. The molecule has 1 amide bonds. The molecule has 2 rings (SSSR count). The fraction of sp³-hybridized carbons (Fsp3) is 0.556. The Morgan fingerprint density at radius 2 is 2.15 bits per heavy atom. The topological polar surface area (TPSA) is 105 Å². The van der Waals surface area contributed by atoms with E-state index in [0.717, 1.165) is 11.3 Å². The van der Waals surface area contributed by atoms with E-state index < -0.39 is 12.0 Å². The highest BCUT2D eigenvalue weighted by molar-refractivity contribution is 7.13. The molecule has 142 valence electrons. The van der Waals surface area contributed by atoms with Crippen LogP contribution in [0, 0.1) is 5.41 Å². The van der Waals surface area contributed by atoms with E-state index in [0.29, 0.717) is 31.0 Å². The Bertz CT molecular complexity index is 719. The van der Waals surface area contributed by atoms with E-state index in [4.69, 9.17) is 4.52 Å². The first kappa shape index (κ1) is 20.1. The lowest BCUT2D eigenvalue weighted by molar-refractivity contribution is -0.142. The Kier molecular flexibility index (Phi) is 6.90. The molecule has 0 saturated heterocycles. The zero-order valence-electron chi connectivity index (χ0n) is 15.3. The maximum atomic E-state index is 12.0. The predicted molar refractivity (Wildman–Crippen MR) is 98.8 cm³/mol. The first-order chi connectivity index (χ1) is 12.2. The first-order valence-corrected chi connectivity index (χ1v) is 9.51. The van der Waals surface area contributed by atoms with Crippen molar-refractivity contribution in [1.29, 1.82) is 0 Å². The van der Waals surface area contributed by atoms with Gasteiger partial charge in [0.1, 0.15) is 6.04 Å². The van der Waals surface area contributed by atoms with Crippen molar-refractivity contribution in [3.05, 3.63) is 23.4 Å². The normalized spacial score (nSPS) is 12.7. The minimum atomic E-state index is -1.000. The van der Waals surface area contributed by atoms with Crippen LogP contribution >= 0.6 is 11.3 Å². The number of hydrogen-bond donors (Lipinski definition) is 2. The van der Waals surface area contributed by atoms with Gasteiger partial charge in [-0.1, -0.05) is 32.0 Å². The monoisotopic (exact) mass is 379 g/mol. The minimum Gasteiger partial charge on any atom is -0.480 e. The van der Waals surface area contributed by atoms with Gasteiger partial charge in [0.05, 0.1) is 4.88 Å². The molecule has 0 bridgehead atoms. The van der Waals surface area contributed by atoms with E-state index in [2.05, 4.69) is 15.5 Å². The molecule has 0 aliphatic carbocycles. The Hall–Kier alpha value is -2.22. The number of carboxylic acids is 1. The van der Waals surface area contributed by atoms with Crippen LogP contribution < -0.4 is 5.32 Å². The van der Waals surface area contributed by atoms with Gasteiger partial charge in [-0.3, -0.25) is 4.79 Å². The van der Waals surface area contributed by atoms with E-state index >= 15 is 0 Å². The molecule has 0 aromatic carbocycles. The third kappa shape index (κ3) is 6.59. The van der Waals surface area contributed by atoms with E-state index in [1.807, 2.05) is 38.3 Å². The summed E-state index contributed by atoms with van der Waals surface area (Å²) >= 11 is 1.53. The number of aromatic nitrogens is 2. The molecule has 0 aliphatic heterocycles. The van der Waals surface area contributed by atoms with Crippen molar-refractivity contribution in [2.75, 3.05) is 0 Å². The second kappa shape index (κ2) is 8.93. The molecule has 1 unspecified atom stereocenters. The van der Waals surface area contributed by atoms with Gasteiger partial charge in [0.15, 0.2) is 0 Å². The SMILES string of the molecule is CC(C)(C)CCC(NC(=O)CCCc1nc(-c2cccs2)no1)C(=O)O. The Morgan fingerprint density at radius 1 is 1.38 bits per heavy atom. The first-order valence-electron chi connectivity index (χ1n) is 8.63. The molecule has 1 atom stereocenters. The molecule has 2 heterocycles. The fourth-order valence-electron chi connectivity index (χ4n) is 2.36. The van der Waals surface area contributed by atoms with Gasteiger partial charge in [-0.25, -0.2) is 4.79 Å². The fourth-order valence-corrected chi connectivity index (χ4v) is 3.01. The molecule has 0 spiro atoms. The second-order valence-corrected chi connectivity index (χ2v) is 8.35. The van der Waals surface area contributed by atoms with Crippen LogP contribution in [-0.4, -0.2) is 33.2 Å². The summed E-state index contributed by atoms with van der Waals surface area (Å²) < 4.78 is 5.19. The molecule has 2 aromatic rings. The van der Waals surface area contributed by atoms with Crippen LogP contribution in [0.15, 0.2) is 22.0 Å². The van der Waals surface area contributed by atoms with Crippen LogP contribution in [0.3, 0.4) is 0 Å². The van der Waals surface area contributed by atoms with Gasteiger partial charge in [0.2, 0.25) is 17.6 Å². The number of nitrogens with zero attached hydrogens (tertiary/aromatic N) is 2. The van der Waals surface area contributed by atoms with Crippen molar-refractivity contribution in [1.82, 2.24) is 15.5 Å². The third-order valence-corrected chi connectivity index (χ3v) is 4.69. The van der Waals surface area contributed by atoms with Gasteiger partial charge < -0.3 is 14.9 Å². The average molecular weight is 379 g/mol. The molecule has 0 radical (unpaired) electrons. The van der Waals surface area contributed by atoms with Gasteiger partial charge in [0.25, 0.3) is 0 Å². The summed E-state index contributed by atoms with van der Waals surface area (Å²) in [5, 5.41) is 17.7. The number of amides is 1. The highest BCUT2D eigenvalue weighted by atomic mass is 32.1. The van der Waals surface area contributed by atoms with Gasteiger partial charge in [-0.2, -0.15) is 4.98 Å². The van der Waals surface area contributed by atoms with Crippen molar-refractivity contribution in [2.24, 2.45) is 5.41 Å². The lowest BCUT2D eigenvalue weighted by atomic mass is 9.88. The summed E-state index contributed by atoms with van der Waals surface area (Å²) in [4.78, 5) is 28.6. The highest BCUT2D eigenvalue weighted by Crippen LogP contribution is 2.22. The average Bonchev–Trinajstić information content (AvgIpc) is 3.21. The van der Waals surface area contributed by atoms with Crippen LogP contribution in [0.4, 0.5) is 0 Å². The number of rotatable bonds is 9. The molecule has 0 aliphatic rings. The number of carbonyl (C=O) groups excluding carboxylic acids is 1. The van der Waals surface area contributed by atoms with Crippen LogP contribution in [0.1, 0.15) is 52.3 Å². The predicted octanol–water partition coefficient (Wildman–Crippen LogP) is 3.52. The molecule has 8 heteroatoms. The maximum Gasteiger partial charge on any atom is 0.326 e. The standard InChI is InChI=1S/C18H25N3O4S/c1-18(2,3)10-9-12(17(23)24)19-14(22)7-4-8-15-20-16(21-25-15)13-6-5-11-26-13/h5-6,11-12H,4,7-10H2,1-3H3,(H,19,22)(H,23,24). The van der Waals surface area contributed by atoms with Crippen LogP contribution in [0.25, 0.3) is 10.7 Å². The molecule has 26 heavy (non-hydrogen) atoms. The number of nitrogens with one attached hydrogen (secondary N) is 1. The van der Waals surface area contributed by atoms with Crippen LogP contribution in [-0.2, 0) is 16.0 Å². The molecule has 2 N–H and O–H groups in total. The molecule has 0 fully saturated rings. The van der Waals surface area contributed by atoms with Crippen molar-refractivity contribution < 1.29 is 19.2 Å². The Labute approximate surface area is 156 Å². The summed E-state index contributed by atoms with van der Waals surface area (Å²) in [5.41, 5.74) is 0.0245. The van der Waals surface area contributed by atoms with Crippen molar-refractivity contribution in [3.8, 4) is 10.7 Å². The summed E-state index contributed by atoms with van der Waals surface area (Å²) in [7, 11) is 0. The number of hydrogen-bond acceptors (Lipinski definition) is 6. The molecular formula is C18H25N3O4S. The number of thiophene rings is 1.